The Kier molecular flexibility index (Phi) is 5.82. The van der Waals surface area contributed by atoms with Crippen LogP contribution in [0.5, 0.6) is 0 Å². The van der Waals surface area contributed by atoms with Crippen LogP contribution in [0.3, 0.4) is 0 Å². The molecule has 6 heteroatoms. The van der Waals surface area contributed by atoms with E-state index in [9.17, 15) is 10.1 Å². The lowest BCUT2D eigenvalue weighted by molar-refractivity contribution is -0.112. The van der Waals surface area contributed by atoms with Crippen molar-refractivity contribution in [1.82, 2.24) is 9.80 Å². The molecule has 0 saturated carbocycles. The quantitative estimate of drug-likeness (QED) is 0.683. The first kappa shape index (κ1) is 16.3. The lowest BCUT2D eigenvalue weighted by Crippen LogP contribution is -2.44. The third-order valence-electron chi connectivity index (χ3n) is 3.63. The number of hydrogen-bond donors (Lipinski definition) is 1. The summed E-state index contributed by atoms with van der Waals surface area (Å²) in [6, 6.07) is 8.76. The number of rotatable bonds is 4. The number of carbonyl (C=O) groups is 1. The maximum atomic E-state index is 12.2. The normalized spacial score (nSPS) is 16.2. The molecular formula is C16H19ClN4O. The highest BCUT2D eigenvalue weighted by molar-refractivity contribution is 6.30. The Labute approximate surface area is 135 Å². The first-order valence-electron chi connectivity index (χ1n) is 7.27. The number of anilines is 1. The van der Waals surface area contributed by atoms with Crippen LogP contribution in [0.2, 0.25) is 5.02 Å². The molecule has 1 fully saturated rings. The first-order chi connectivity index (χ1) is 10.6. The van der Waals surface area contributed by atoms with Crippen molar-refractivity contribution < 1.29 is 4.79 Å². The third-order valence-corrected chi connectivity index (χ3v) is 3.88. The molecule has 2 rings (SSSR count). The molecule has 1 aromatic rings. The Morgan fingerprint density at radius 1 is 1.32 bits per heavy atom. The van der Waals surface area contributed by atoms with Gasteiger partial charge in [-0.05, 0) is 30.8 Å². The number of amides is 1. The number of piperazine rings is 1. The van der Waals surface area contributed by atoms with Gasteiger partial charge < -0.3 is 15.1 Å². The largest absolute Gasteiger partial charge is 0.374 e. The molecule has 116 valence electrons. The molecule has 1 saturated heterocycles. The second-order valence-corrected chi connectivity index (χ2v) is 5.52. The average molecular weight is 319 g/mol. The third kappa shape index (κ3) is 4.48. The van der Waals surface area contributed by atoms with Crippen molar-refractivity contribution in [3.8, 4) is 6.07 Å². The number of hydrogen-bond acceptors (Lipinski definition) is 4. The second-order valence-electron chi connectivity index (χ2n) is 5.09. The van der Waals surface area contributed by atoms with Gasteiger partial charge in [0.2, 0.25) is 0 Å². The number of nitrogens with one attached hydrogen (secondary N) is 1. The zero-order valence-electron chi connectivity index (χ0n) is 12.6. The summed E-state index contributed by atoms with van der Waals surface area (Å²) >= 11 is 5.80. The van der Waals surface area contributed by atoms with Crippen molar-refractivity contribution in [2.75, 3.05) is 38.0 Å². The van der Waals surface area contributed by atoms with Gasteiger partial charge in [-0.1, -0.05) is 18.5 Å². The monoisotopic (exact) mass is 318 g/mol. The second kappa shape index (κ2) is 7.83. The zero-order valence-corrected chi connectivity index (χ0v) is 13.3. The molecule has 0 aliphatic carbocycles. The highest BCUT2D eigenvalue weighted by atomic mass is 35.5. The Balaban J connectivity index is 1.98. The topological polar surface area (TPSA) is 59.4 Å². The number of nitrogens with zero attached hydrogens (tertiary/aromatic N) is 3. The molecule has 1 aromatic carbocycles. The van der Waals surface area contributed by atoms with E-state index in [2.05, 4.69) is 17.1 Å². The lowest BCUT2D eigenvalue weighted by Gasteiger charge is -2.33. The van der Waals surface area contributed by atoms with Gasteiger partial charge >= 0.3 is 0 Å². The minimum absolute atomic E-state index is 0.111. The van der Waals surface area contributed by atoms with E-state index in [1.165, 1.54) is 0 Å². The molecule has 0 bridgehead atoms. The summed E-state index contributed by atoms with van der Waals surface area (Å²) in [4.78, 5) is 16.5. The van der Waals surface area contributed by atoms with Gasteiger partial charge in [0, 0.05) is 43.1 Å². The van der Waals surface area contributed by atoms with E-state index in [1.807, 2.05) is 11.0 Å². The van der Waals surface area contributed by atoms with E-state index in [0.29, 0.717) is 10.7 Å². The van der Waals surface area contributed by atoms with Crippen molar-refractivity contribution >= 4 is 23.2 Å². The van der Waals surface area contributed by atoms with Crippen molar-refractivity contribution in [1.29, 1.82) is 5.26 Å². The predicted molar refractivity (Wildman–Crippen MR) is 87.5 cm³/mol. The van der Waals surface area contributed by atoms with Crippen LogP contribution in [-0.2, 0) is 4.79 Å². The van der Waals surface area contributed by atoms with Gasteiger partial charge in [-0.25, -0.2) is 0 Å². The van der Waals surface area contributed by atoms with Gasteiger partial charge in [-0.2, -0.15) is 5.26 Å². The van der Waals surface area contributed by atoms with E-state index in [4.69, 9.17) is 11.6 Å². The molecule has 0 unspecified atom stereocenters. The number of nitriles is 1. The maximum Gasteiger partial charge on any atom is 0.267 e. The molecular weight excluding hydrogens is 300 g/mol. The SMILES string of the molecule is CCN1CCN(/C=C(/C#N)C(=O)Nc2ccc(Cl)cc2)CC1. The molecule has 1 heterocycles. The molecule has 1 N–H and O–H groups in total. The van der Waals surface area contributed by atoms with Crippen LogP contribution in [0.1, 0.15) is 6.92 Å². The van der Waals surface area contributed by atoms with Crippen molar-refractivity contribution in [2.45, 2.75) is 6.92 Å². The molecule has 22 heavy (non-hydrogen) atoms. The van der Waals surface area contributed by atoms with Crippen LogP contribution in [0.25, 0.3) is 0 Å². The fourth-order valence-electron chi connectivity index (χ4n) is 2.26. The van der Waals surface area contributed by atoms with Crippen LogP contribution < -0.4 is 5.32 Å². The van der Waals surface area contributed by atoms with Crippen molar-refractivity contribution in [3.05, 3.63) is 41.1 Å². The van der Waals surface area contributed by atoms with Crippen LogP contribution >= 0.6 is 11.6 Å². The van der Waals surface area contributed by atoms with E-state index >= 15 is 0 Å². The van der Waals surface area contributed by atoms with Crippen LogP contribution in [-0.4, -0.2) is 48.4 Å². The van der Waals surface area contributed by atoms with E-state index in [1.54, 1.807) is 30.5 Å². The summed E-state index contributed by atoms with van der Waals surface area (Å²) in [5, 5.41) is 12.5. The Hall–Kier alpha value is -2.03. The minimum Gasteiger partial charge on any atom is -0.374 e. The van der Waals surface area contributed by atoms with E-state index in [0.717, 1.165) is 32.7 Å². The van der Waals surface area contributed by atoms with Crippen LogP contribution in [0.15, 0.2) is 36.0 Å². The molecule has 0 aromatic heterocycles. The standard InChI is InChI=1S/C16H19ClN4O/c1-2-20-7-9-21(10-8-20)12-13(11-18)16(22)19-15-5-3-14(17)4-6-15/h3-6,12H,2,7-10H2,1H3,(H,19,22)/b13-12-. The van der Waals surface area contributed by atoms with Gasteiger partial charge in [0.25, 0.3) is 5.91 Å². The number of likely N-dealkylation sites (N-methyl/N-ethyl adjacent to an activating group) is 1. The van der Waals surface area contributed by atoms with Gasteiger partial charge in [0.1, 0.15) is 11.6 Å². The maximum absolute atomic E-state index is 12.2. The fraction of sp³-hybridized carbons (Fsp3) is 0.375. The van der Waals surface area contributed by atoms with Gasteiger partial charge in [-0.3, -0.25) is 4.79 Å². The minimum atomic E-state index is -0.400. The first-order valence-corrected chi connectivity index (χ1v) is 7.65. The highest BCUT2D eigenvalue weighted by Gasteiger charge is 2.16. The van der Waals surface area contributed by atoms with Crippen molar-refractivity contribution in [2.24, 2.45) is 0 Å². The lowest BCUT2D eigenvalue weighted by atomic mass is 10.2. The van der Waals surface area contributed by atoms with E-state index in [-0.39, 0.29) is 5.57 Å². The molecule has 5 nitrogen and oxygen atoms in total. The smallest absolute Gasteiger partial charge is 0.267 e. The molecule has 1 aliphatic heterocycles. The summed E-state index contributed by atoms with van der Waals surface area (Å²) < 4.78 is 0. The average Bonchev–Trinajstić information content (AvgIpc) is 2.55. The predicted octanol–water partition coefficient (Wildman–Crippen LogP) is 2.32. The van der Waals surface area contributed by atoms with Crippen LogP contribution in [0.4, 0.5) is 5.69 Å². The number of benzene rings is 1. The van der Waals surface area contributed by atoms with Gasteiger partial charge in [-0.15, -0.1) is 0 Å². The van der Waals surface area contributed by atoms with Crippen molar-refractivity contribution in [3.63, 3.8) is 0 Å². The summed E-state index contributed by atoms with van der Waals surface area (Å²) in [6.07, 6.45) is 1.65. The summed E-state index contributed by atoms with van der Waals surface area (Å²) in [5.74, 6) is -0.400. The number of halogens is 1. The Morgan fingerprint density at radius 2 is 1.95 bits per heavy atom. The molecule has 1 aliphatic rings. The number of carbonyl (C=O) groups excluding carboxylic acids is 1. The molecule has 1 amide bonds. The zero-order chi connectivity index (χ0) is 15.9. The molecule has 0 spiro atoms. The van der Waals surface area contributed by atoms with Crippen LogP contribution in [0, 0.1) is 11.3 Å². The summed E-state index contributed by atoms with van der Waals surface area (Å²) in [5.41, 5.74) is 0.728. The highest BCUT2D eigenvalue weighted by Crippen LogP contribution is 2.14. The molecule has 0 atom stereocenters. The summed E-state index contributed by atoms with van der Waals surface area (Å²) in [7, 11) is 0. The molecule has 0 radical (unpaired) electrons. The fourth-order valence-corrected chi connectivity index (χ4v) is 2.39. The van der Waals surface area contributed by atoms with Gasteiger partial charge in [0.05, 0.1) is 0 Å². The summed E-state index contributed by atoms with van der Waals surface area (Å²) in [6.45, 7) is 6.71. The Morgan fingerprint density at radius 3 is 2.50 bits per heavy atom. The Bertz CT molecular complexity index is 583. The van der Waals surface area contributed by atoms with E-state index < -0.39 is 5.91 Å². The van der Waals surface area contributed by atoms with Gasteiger partial charge in [0.15, 0.2) is 0 Å².